The van der Waals surface area contributed by atoms with Crippen LogP contribution in [-0.2, 0) is 0 Å². The summed E-state index contributed by atoms with van der Waals surface area (Å²) in [7, 11) is 0. The van der Waals surface area contributed by atoms with Gasteiger partial charge in [0, 0.05) is 23.0 Å². The van der Waals surface area contributed by atoms with Crippen LogP contribution in [0.5, 0.6) is 23.0 Å². The molecule has 0 spiro atoms. The first kappa shape index (κ1) is 25.7. The van der Waals surface area contributed by atoms with Gasteiger partial charge in [0.05, 0.1) is 16.7 Å². The molecule has 0 fully saturated rings. The second-order valence-corrected chi connectivity index (χ2v) is 10.4. The molecule has 2 aromatic heterocycles. The molecule has 6 heteroatoms. The molecule has 0 saturated heterocycles. The Bertz CT molecular complexity index is 1970. The molecule has 0 radical (unpaired) electrons. The van der Waals surface area contributed by atoms with Gasteiger partial charge in [-0.2, -0.15) is 0 Å². The van der Waals surface area contributed by atoms with Gasteiger partial charge in [0.2, 0.25) is 0 Å². The number of pyridine rings is 1. The maximum atomic E-state index is 6.27. The Labute approximate surface area is 251 Å². The number of fused-ring (bicyclic) bond motifs is 1. The number of aromatic nitrogens is 3. The summed E-state index contributed by atoms with van der Waals surface area (Å²) in [6.07, 6.45) is 1.79. The molecule has 0 aliphatic rings. The number of ether oxygens (including phenoxy) is 2. The van der Waals surface area contributed by atoms with Crippen molar-refractivity contribution in [2.45, 2.75) is 0 Å². The molecular weight excluding hydrogens is 586 g/mol. The molecule has 0 unspecified atom stereocenters. The lowest BCUT2D eigenvalue weighted by Crippen LogP contribution is -1.97. The largest absolute Gasteiger partial charge is 0.456 e. The van der Waals surface area contributed by atoms with Gasteiger partial charge >= 0.3 is 0 Å². The molecule has 0 aliphatic heterocycles. The molecule has 0 aliphatic carbocycles. The molecule has 42 heavy (non-hydrogen) atoms. The number of para-hydroxylation sites is 3. The topological polar surface area (TPSA) is 49.2 Å². The first-order chi connectivity index (χ1) is 20.7. The van der Waals surface area contributed by atoms with E-state index in [1.165, 1.54) is 0 Å². The number of hydrogen-bond donors (Lipinski definition) is 0. The van der Waals surface area contributed by atoms with Crippen molar-refractivity contribution < 1.29 is 9.47 Å². The lowest BCUT2D eigenvalue weighted by Gasteiger charge is -2.13. The quantitative estimate of drug-likeness (QED) is 0.180. The smallest absolute Gasteiger partial charge is 0.145 e. The second kappa shape index (κ2) is 11.4. The van der Waals surface area contributed by atoms with Crippen molar-refractivity contribution in [1.29, 1.82) is 0 Å². The summed E-state index contributed by atoms with van der Waals surface area (Å²) in [6, 6.07) is 45.9. The van der Waals surface area contributed by atoms with Crippen LogP contribution in [0, 0.1) is 0 Å². The first-order valence-corrected chi connectivity index (χ1v) is 14.3. The highest BCUT2D eigenvalue weighted by molar-refractivity contribution is 9.10. The summed E-state index contributed by atoms with van der Waals surface area (Å²) in [5.41, 5.74) is 6.02. The highest BCUT2D eigenvalue weighted by Gasteiger charge is 2.15. The molecule has 0 atom stereocenters. The summed E-state index contributed by atoms with van der Waals surface area (Å²) in [5, 5.41) is 0. The molecule has 0 amide bonds. The van der Waals surface area contributed by atoms with Crippen LogP contribution in [0.2, 0.25) is 0 Å². The Balaban J connectivity index is 1.12. The van der Waals surface area contributed by atoms with Gasteiger partial charge in [0.1, 0.15) is 33.3 Å². The van der Waals surface area contributed by atoms with Gasteiger partial charge in [-0.1, -0.05) is 42.5 Å². The van der Waals surface area contributed by atoms with E-state index < -0.39 is 0 Å². The summed E-state index contributed by atoms with van der Waals surface area (Å²) in [4.78, 5) is 9.36. The van der Waals surface area contributed by atoms with Crippen molar-refractivity contribution >= 4 is 27.0 Å². The third kappa shape index (κ3) is 5.16. The number of halogens is 1. The SMILES string of the molecule is Brc1c(Oc2ccc(-c3ccccn3)cc2)cccc1Oc1ccc(-c2nc3ccccc3n2-c2ccccc2)cc1. The normalized spacial score (nSPS) is 11.0. The zero-order valence-electron chi connectivity index (χ0n) is 22.4. The number of benzene rings is 5. The number of imidazole rings is 1. The van der Waals surface area contributed by atoms with E-state index in [2.05, 4.69) is 43.7 Å². The van der Waals surface area contributed by atoms with E-state index in [1.54, 1.807) is 6.20 Å². The predicted molar refractivity (Wildman–Crippen MR) is 170 cm³/mol. The van der Waals surface area contributed by atoms with Gasteiger partial charge in [0.25, 0.3) is 0 Å². The molecular formula is C36H24BrN3O2. The fourth-order valence-electron chi connectivity index (χ4n) is 4.86. The zero-order chi connectivity index (χ0) is 28.3. The van der Waals surface area contributed by atoms with Gasteiger partial charge in [0.15, 0.2) is 0 Å². The van der Waals surface area contributed by atoms with Crippen LogP contribution in [0.3, 0.4) is 0 Å². The maximum Gasteiger partial charge on any atom is 0.145 e. The van der Waals surface area contributed by atoms with Gasteiger partial charge < -0.3 is 9.47 Å². The summed E-state index contributed by atoms with van der Waals surface area (Å²) < 4.78 is 15.4. The van der Waals surface area contributed by atoms with Crippen molar-refractivity contribution in [3.05, 3.63) is 150 Å². The number of nitrogens with zero attached hydrogens (tertiary/aromatic N) is 3. The van der Waals surface area contributed by atoms with Crippen molar-refractivity contribution in [2.24, 2.45) is 0 Å². The van der Waals surface area contributed by atoms with Crippen molar-refractivity contribution in [1.82, 2.24) is 14.5 Å². The zero-order valence-corrected chi connectivity index (χ0v) is 24.0. The van der Waals surface area contributed by atoms with E-state index in [0.29, 0.717) is 17.2 Å². The average molecular weight is 611 g/mol. The van der Waals surface area contributed by atoms with E-state index in [0.717, 1.165) is 49.6 Å². The Kier molecular flexibility index (Phi) is 6.96. The average Bonchev–Trinajstić information content (AvgIpc) is 3.44. The summed E-state index contributed by atoms with van der Waals surface area (Å²) >= 11 is 3.68. The predicted octanol–water partition coefficient (Wildman–Crippen LogP) is 10.1. The van der Waals surface area contributed by atoms with Crippen molar-refractivity contribution in [3.63, 3.8) is 0 Å². The second-order valence-electron chi connectivity index (χ2n) is 9.63. The minimum Gasteiger partial charge on any atom is -0.456 e. The highest BCUT2D eigenvalue weighted by Crippen LogP contribution is 2.39. The third-order valence-corrected chi connectivity index (χ3v) is 7.67. The summed E-state index contributed by atoms with van der Waals surface area (Å²) in [5.74, 6) is 3.62. The third-order valence-electron chi connectivity index (χ3n) is 6.89. The Morgan fingerprint density at radius 1 is 0.548 bits per heavy atom. The van der Waals surface area contributed by atoms with Gasteiger partial charge in [-0.15, -0.1) is 0 Å². The van der Waals surface area contributed by atoms with Crippen LogP contribution < -0.4 is 9.47 Å². The van der Waals surface area contributed by atoms with Crippen LogP contribution in [0.1, 0.15) is 0 Å². The van der Waals surface area contributed by atoms with E-state index in [9.17, 15) is 0 Å². The van der Waals surface area contributed by atoms with E-state index in [4.69, 9.17) is 14.5 Å². The van der Waals surface area contributed by atoms with Crippen LogP contribution >= 0.6 is 15.9 Å². The van der Waals surface area contributed by atoms with Crippen molar-refractivity contribution in [2.75, 3.05) is 0 Å². The molecule has 2 heterocycles. The number of rotatable bonds is 7. The molecule has 0 saturated carbocycles. The van der Waals surface area contributed by atoms with E-state index in [1.807, 2.05) is 121 Å². The fraction of sp³-hybridized carbons (Fsp3) is 0. The Morgan fingerprint density at radius 2 is 1.17 bits per heavy atom. The molecule has 7 aromatic rings. The molecule has 5 nitrogen and oxygen atoms in total. The summed E-state index contributed by atoms with van der Waals surface area (Å²) in [6.45, 7) is 0. The van der Waals surface area contributed by atoms with Gasteiger partial charge in [-0.3, -0.25) is 9.55 Å². The number of hydrogen-bond acceptors (Lipinski definition) is 4. The van der Waals surface area contributed by atoms with E-state index in [-0.39, 0.29) is 0 Å². The Morgan fingerprint density at radius 3 is 1.83 bits per heavy atom. The monoisotopic (exact) mass is 609 g/mol. The van der Waals surface area contributed by atoms with Gasteiger partial charge in [-0.25, -0.2) is 4.98 Å². The lowest BCUT2D eigenvalue weighted by atomic mass is 10.1. The minimum absolute atomic E-state index is 0.655. The molecule has 7 rings (SSSR count). The van der Waals surface area contributed by atoms with Gasteiger partial charge in [-0.05, 0) is 113 Å². The molecule has 0 N–H and O–H groups in total. The highest BCUT2D eigenvalue weighted by atomic mass is 79.9. The van der Waals surface area contributed by atoms with Crippen LogP contribution in [0.4, 0.5) is 0 Å². The first-order valence-electron chi connectivity index (χ1n) is 13.5. The molecule has 0 bridgehead atoms. The van der Waals surface area contributed by atoms with Crippen molar-refractivity contribution in [3.8, 4) is 51.3 Å². The Hall–Kier alpha value is -5.20. The fourth-order valence-corrected chi connectivity index (χ4v) is 5.29. The standard InChI is InChI=1S/C36H24BrN3O2/c37-35-33(41-28-20-16-25(17-21-28)30-11-6-7-24-38-30)14-8-15-34(35)42-29-22-18-26(19-23-29)36-39-31-12-4-5-13-32(31)40(36)27-9-2-1-3-10-27/h1-24H. The minimum atomic E-state index is 0.655. The van der Waals surface area contributed by atoms with E-state index >= 15 is 0 Å². The van der Waals surface area contributed by atoms with Crippen LogP contribution in [-0.4, -0.2) is 14.5 Å². The lowest BCUT2D eigenvalue weighted by molar-refractivity contribution is 0.455. The molecule has 5 aromatic carbocycles. The maximum absolute atomic E-state index is 6.27. The van der Waals surface area contributed by atoms with Crippen LogP contribution in [0.25, 0.3) is 39.4 Å². The van der Waals surface area contributed by atoms with Crippen LogP contribution in [0.15, 0.2) is 150 Å². The molecule has 202 valence electrons.